The molecular formula is C11H20O3. The molecule has 2 rings (SSSR count). The Morgan fingerprint density at radius 1 is 1.36 bits per heavy atom. The zero-order valence-corrected chi connectivity index (χ0v) is 9.41. The van der Waals surface area contributed by atoms with Gasteiger partial charge in [0.05, 0.1) is 12.2 Å². The van der Waals surface area contributed by atoms with Gasteiger partial charge in [0, 0.05) is 0 Å². The van der Waals surface area contributed by atoms with Crippen molar-refractivity contribution in [2.24, 2.45) is 11.8 Å². The second kappa shape index (κ2) is 2.94. The molecule has 0 saturated carbocycles. The molecular weight excluding hydrogens is 180 g/mol. The normalized spacial score (nSPS) is 52.7. The molecule has 1 N–H and O–H groups in total. The lowest BCUT2D eigenvalue weighted by Crippen LogP contribution is -2.53. The molecule has 2 bridgehead atoms. The SMILES string of the molecule is CC(C)[C@@H]1CC2(C)COC(C)(O2)[C@H]1O. The molecule has 0 aromatic rings. The molecule has 14 heavy (non-hydrogen) atoms. The van der Waals surface area contributed by atoms with Gasteiger partial charge in [-0.15, -0.1) is 0 Å². The molecule has 0 spiro atoms. The van der Waals surface area contributed by atoms with E-state index in [1.54, 1.807) is 0 Å². The fourth-order valence-corrected chi connectivity index (χ4v) is 2.69. The number of aliphatic hydroxyl groups excluding tert-OH is 1. The second-order valence-electron chi connectivity index (χ2n) is 5.41. The Balaban J connectivity index is 2.26. The van der Waals surface area contributed by atoms with Crippen LogP contribution >= 0.6 is 0 Å². The van der Waals surface area contributed by atoms with Crippen molar-refractivity contribution in [3.05, 3.63) is 0 Å². The number of aliphatic hydroxyl groups is 1. The van der Waals surface area contributed by atoms with Crippen LogP contribution in [0.5, 0.6) is 0 Å². The van der Waals surface area contributed by atoms with Gasteiger partial charge in [-0.1, -0.05) is 13.8 Å². The van der Waals surface area contributed by atoms with Crippen molar-refractivity contribution in [2.45, 2.75) is 51.6 Å². The van der Waals surface area contributed by atoms with E-state index in [-0.39, 0.29) is 11.5 Å². The average Bonchev–Trinajstić information content (AvgIpc) is 2.34. The summed E-state index contributed by atoms with van der Waals surface area (Å²) in [5.74, 6) is -0.0300. The van der Waals surface area contributed by atoms with E-state index in [0.717, 1.165) is 6.42 Å². The highest BCUT2D eigenvalue weighted by molar-refractivity contribution is 5.00. The molecule has 3 heteroatoms. The van der Waals surface area contributed by atoms with E-state index in [9.17, 15) is 5.11 Å². The van der Waals surface area contributed by atoms with Crippen molar-refractivity contribution in [3.8, 4) is 0 Å². The summed E-state index contributed by atoms with van der Waals surface area (Å²) >= 11 is 0. The maximum absolute atomic E-state index is 10.1. The number of hydrogen-bond acceptors (Lipinski definition) is 3. The van der Waals surface area contributed by atoms with Crippen LogP contribution in [-0.4, -0.2) is 29.2 Å². The average molecular weight is 200 g/mol. The van der Waals surface area contributed by atoms with Crippen LogP contribution in [0.3, 0.4) is 0 Å². The Morgan fingerprint density at radius 2 is 2.00 bits per heavy atom. The highest BCUT2D eigenvalue weighted by Crippen LogP contribution is 2.47. The summed E-state index contributed by atoms with van der Waals surface area (Å²) < 4.78 is 11.4. The molecule has 2 aliphatic rings. The number of fused-ring (bicyclic) bond motifs is 2. The van der Waals surface area contributed by atoms with Crippen LogP contribution in [0.2, 0.25) is 0 Å². The first-order valence-corrected chi connectivity index (χ1v) is 5.38. The van der Waals surface area contributed by atoms with Crippen LogP contribution in [-0.2, 0) is 9.47 Å². The molecule has 0 radical (unpaired) electrons. The van der Waals surface area contributed by atoms with Crippen LogP contribution in [0, 0.1) is 11.8 Å². The molecule has 3 nitrogen and oxygen atoms in total. The largest absolute Gasteiger partial charge is 0.387 e. The lowest BCUT2D eigenvalue weighted by atomic mass is 9.77. The second-order valence-corrected chi connectivity index (χ2v) is 5.41. The highest BCUT2D eigenvalue weighted by atomic mass is 16.8. The summed E-state index contributed by atoms with van der Waals surface area (Å²) in [5, 5.41) is 10.1. The summed E-state index contributed by atoms with van der Waals surface area (Å²) in [5.41, 5.74) is -0.192. The summed E-state index contributed by atoms with van der Waals surface area (Å²) in [6.07, 6.45) is 0.389. The smallest absolute Gasteiger partial charge is 0.192 e. The molecule has 4 atom stereocenters. The van der Waals surface area contributed by atoms with Crippen LogP contribution in [0.15, 0.2) is 0 Å². The first kappa shape index (κ1) is 10.4. The molecule has 0 amide bonds. The van der Waals surface area contributed by atoms with Crippen molar-refractivity contribution in [1.29, 1.82) is 0 Å². The lowest BCUT2D eigenvalue weighted by molar-refractivity contribution is -0.272. The van der Waals surface area contributed by atoms with Gasteiger partial charge in [-0.2, -0.15) is 0 Å². The molecule has 2 heterocycles. The maximum atomic E-state index is 10.1. The van der Waals surface area contributed by atoms with Crippen LogP contribution < -0.4 is 0 Å². The van der Waals surface area contributed by atoms with Crippen molar-refractivity contribution in [2.75, 3.05) is 6.61 Å². The van der Waals surface area contributed by atoms with Gasteiger partial charge in [0.25, 0.3) is 0 Å². The Labute approximate surface area is 85.4 Å². The quantitative estimate of drug-likeness (QED) is 0.698. The Morgan fingerprint density at radius 3 is 2.57 bits per heavy atom. The summed E-state index contributed by atoms with van der Waals surface area (Å²) in [6.45, 7) is 8.80. The summed E-state index contributed by atoms with van der Waals surface area (Å²) in [6, 6.07) is 0. The first-order valence-electron chi connectivity index (χ1n) is 5.38. The third-order valence-corrected chi connectivity index (χ3v) is 3.58. The van der Waals surface area contributed by atoms with E-state index in [4.69, 9.17) is 9.47 Å². The standard InChI is InChI=1S/C11H20O3/c1-7(2)8-5-10(3)6-13-11(4,14-10)9(8)12/h7-9,12H,5-6H2,1-4H3/t8-,9-,10?,11?/m0/s1. The minimum absolute atomic E-state index is 0.192. The zero-order valence-electron chi connectivity index (χ0n) is 9.41. The van der Waals surface area contributed by atoms with E-state index >= 15 is 0 Å². The van der Waals surface area contributed by atoms with Gasteiger partial charge in [-0.3, -0.25) is 0 Å². The molecule has 82 valence electrons. The fraction of sp³-hybridized carbons (Fsp3) is 1.00. The van der Waals surface area contributed by atoms with Gasteiger partial charge in [-0.05, 0) is 32.1 Å². The maximum Gasteiger partial charge on any atom is 0.192 e. The minimum Gasteiger partial charge on any atom is -0.387 e. The van der Waals surface area contributed by atoms with E-state index in [2.05, 4.69) is 20.8 Å². The predicted octanol–water partition coefficient (Wildman–Crippen LogP) is 1.54. The monoisotopic (exact) mass is 200 g/mol. The molecule has 2 saturated heterocycles. The molecule has 0 aromatic carbocycles. The Bertz CT molecular complexity index is 241. The van der Waals surface area contributed by atoms with Gasteiger partial charge in [0.2, 0.25) is 0 Å². The van der Waals surface area contributed by atoms with Crippen molar-refractivity contribution >= 4 is 0 Å². The van der Waals surface area contributed by atoms with Crippen LogP contribution in [0.25, 0.3) is 0 Å². The van der Waals surface area contributed by atoms with Crippen molar-refractivity contribution in [3.63, 3.8) is 0 Å². The van der Waals surface area contributed by atoms with Crippen molar-refractivity contribution < 1.29 is 14.6 Å². The Hall–Kier alpha value is -0.120. The topological polar surface area (TPSA) is 38.7 Å². The molecule has 0 aromatic heterocycles. The van der Waals surface area contributed by atoms with Crippen LogP contribution in [0.1, 0.15) is 34.1 Å². The minimum atomic E-state index is -0.776. The summed E-state index contributed by atoms with van der Waals surface area (Å²) in [7, 11) is 0. The van der Waals surface area contributed by atoms with Gasteiger partial charge in [-0.25, -0.2) is 0 Å². The lowest BCUT2D eigenvalue weighted by Gasteiger charge is -2.44. The molecule has 2 fully saturated rings. The van der Waals surface area contributed by atoms with Gasteiger partial charge in [0.1, 0.15) is 6.10 Å². The third kappa shape index (κ3) is 1.38. The highest BCUT2D eigenvalue weighted by Gasteiger charge is 2.57. The number of hydrogen-bond donors (Lipinski definition) is 1. The summed E-state index contributed by atoms with van der Waals surface area (Å²) in [4.78, 5) is 0. The predicted molar refractivity (Wildman–Crippen MR) is 52.8 cm³/mol. The van der Waals surface area contributed by atoms with Gasteiger partial charge >= 0.3 is 0 Å². The zero-order chi connectivity index (χ0) is 10.6. The number of rotatable bonds is 1. The van der Waals surface area contributed by atoms with E-state index in [1.807, 2.05) is 6.92 Å². The van der Waals surface area contributed by atoms with Gasteiger partial charge < -0.3 is 14.6 Å². The van der Waals surface area contributed by atoms with Crippen molar-refractivity contribution in [1.82, 2.24) is 0 Å². The molecule has 0 aliphatic carbocycles. The first-order chi connectivity index (χ1) is 6.36. The third-order valence-electron chi connectivity index (χ3n) is 3.58. The fourth-order valence-electron chi connectivity index (χ4n) is 2.69. The molecule has 2 aliphatic heterocycles. The van der Waals surface area contributed by atoms with E-state index in [0.29, 0.717) is 12.5 Å². The van der Waals surface area contributed by atoms with Crippen LogP contribution in [0.4, 0.5) is 0 Å². The van der Waals surface area contributed by atoms with Gasteiger partial charge in [0.15, 0.2) is 5.79 Å². The molecule has 2 unspecified atom stereocenters. The van der Waals surface area contributed by atoms with E-state index < -0.39 is 11.9 Å². The number of ether oxygens (including phenoxy) is 2. The Kier molecular flexibility index (Phi) is 2.18. The van der Waals surface area contributed by atoms with E-state index in [1.165, 1.54) is 0 Å².